The van der Waals surface area contributed by atoms with Crippen molar-refractivity contribution in [3.8, 4) is 0 Å². The Morgan fingerprint density at radius 2 is 2.06 bits per heavy atom. The third kappa shape index (κ3) is 2.68. The molecule has 2 aromatic rings. The summed E-state index contributed by atoms with van der Waals surface area (Å²) in [6.07, 6.45) is 1.74. The van der Waals surface area contributed by atoms with Gasteiger partial charge in [-0.3, -0.25) is 0 Å². The van der Waals surface area contributed by atoms with Crippen LogP contribution in [0.2, 0.25) is 0 Å². The third-order valence-electron chi connectivity index (χ3n) is 2.90. The lowest BCUT2D eigenvalue weighted by atomic mass is 10.2. The molecule has 0 saturated carbocycles. The van der Waals surface area contributed by atoms with Crippen molar-refractivity contribution in [2.45, 2.75) is 20.5 Å². The second-order valence-electron chi connectivity index (χ2n) is 4.26. The second-order valence-corrected chi connectivity index (χ2v) is 4.26. The maximum absolute atomic E-state index is 9.18. The molecule has 0 bridgehead atoms. The van der Waals surface area contributed by atoms with Crippen LogP contribution < -0.4 is 4.90 Å². The average molecular weight is 242 g/mol. The fourth-order valence-electron chi connectivity index (χ4n) is 1.98. The fourth-order valence-corrected chi connectivity index (χ4v) is 1.98. The van der Waals surface area contributed by atoms with E-state index in [0.717, 1.165) is 23.6 Å². The first-order valence-corrected chi connectivity index (χ1v) is 6.14. The Balaban J connectivity index is 2.38. The van der Waals surface area contributed by atoms with E-state index in [1.807, 2.05) is 18.2 Å². The smallest absolute Gasteiger partial charge is 0.133 e. The van der Waals surface area contributed by atoms with Gasteiger partial charge in [0, 0.05) is 18.4 Å². The van der Waals surface area contributed by atoms with Gasteiger partial charge in [-0.25, -0.2) is 4.98 Å². The minimum atomic E-state index is 0.0426. The number of aromatic nitrogens is 1. The Morgan fingerprint density at radius 1 is 1.22 bits per heavy atom. The van der Waals surface area contributed by atoms with Gasteiger partial charge in [0.15, 0.2) is 0 Å². The zero-order chi connectivity index (χ0) is 13.0. The van der Waals surface area contributed by atoms with Crippen LogP contribution in [0.4, 0.5) is 11.5 Å². The lowest BCUT2D eigenvalue weighted by Crippen LogP contribution is -2.17. The molecule has 0 radical (unpaired) electrons. The van der Waals surface area contributed by atoms with Gasteiger partial charge in [0.2, 0.25) is 0 Å². The van der Waals surface area contributed by atoms with Crippen molar-refractivity contribution in [1.29, 1.82) is 0 Å². The molecule has 0 amide bonds. The standard InChI is InChI=1S/C15H18N2O/c1-3-17(14-6-4-5-12(2)9-14)15-10-13(11-18)7-8-16-15/h4-10,18H,3,11H2,1-2H3. The van der Waals surface area contributed by atoms with E-state index in [1.165, 1.54) is 5.56 Å². The molecule has 0 unspecified atom stereocenters. The maximum Gasteiger partial charge on any atom is 0.133 e. The third-order valence-corrected chi connectivity index (χ3v) is 2.90. The van der Waals surface area contributed by atoms with Gasteiger partial charge < -0.3 is 10.0 Å². The number of hydrogen-bond donors (Lipinski definition) is 1. The van der Waals surface area contributed by atoms with Gasteiger partial charge in [0.25, 0.3) is 0 Å². The van der Waals surface area contributed by atoms with E-state index in [1.54, 1.807) is 6.20 Å². The summed E-state index contributed by atoms with van der Waals surface area (Å²) in [4.78, 5) is 6.51. The Morgan fingerprint density at radius 3 is 2.72 bits per heavy atom. The summed E-state index contributed by atoms with van der Waals surface area (Å²) >= 11 is 0. The summed E-state index contributed by atoms with van der Waals surface area (Å²) in [6.45, 7) is 5.05. The van der Waals surface area contributed by atoms with Crippen LogP contribution in [0.1, 0.15) is 18.1 Å². The minimum absolute atomic E-state index is 0.0426. The average Bonchev–Trinajstić information content (AvgIpc) is 2.40. The first kappa shape index (κ1) is 12.6. The van der Waals surface area contributed by atoms with Crippen LogP contribution in [0.3, 0.4) is 0 Å². The molecule has 1 N–H and O–H groups in total. The van der Waals surface area contributed by atoms with Gasteiger partial charge in [0.05, 0.1) is 6.61 Å². The second kappa shape index (κ2) is 5.65. The highest BCUT2D eigenvalue weighted by Crippen LogP contribution is 2.24. The molecule has 0 aliphatic rings. The van der Waals surface area contributed by atoms with Gasteiger partial charge in [-0.05, 0) is 49.2 Å². The molecule has 3 nitrogen and oxygen atoms in total. The zero-order valence-electron chi connectivity index (χ0n) is 10.8. The highest BCUT2D eigenvalue weighted by molar-refractivity contribution is 5.61. The van der Waals surface area contributed by atoms with Crippen LogP contribution in [0.5, 0.6) is 0 Å². The van der Waals surface area contributed by atoms with Crippen LogP contribution in [-0.4, -0.2) is 16.6 Å². The lowest BCUT2D eigenvalue weighted by molar-refractivity contribution is 0.282. The maximum atomic E-state index is 9.18. The van der Waals surface area contributed by atoms with E-state index < -0.39 is 0 Å². The zero-order valence-corrected chi connectivity index (χ0v) is 10.8. The number of rotatable bonds is 4. The highest BCUT2D eigenvalue weighted by Gasteiger charge is 2.08. The molecular weight excluding hydrogens is 224 g/mol. The predicted octanol–water partition coefficient (Wildman–Crippen LogP) is 3.04. The number of pyridine rings is 1. The molecule has 2 rings (SSSR count). The Kier molecular flexibility index (Phi) is 3.95. The minimum Gasteiger partial charge on any atom is -0.392 e. The lowest BCUT2D eigenvalue weighted by Gasteiger charge is -2.22. The monoisotopic (exact) mass is 242 g/mol. The number of aryl methyl sites for hydroxylation is 1. The van der Waals surface area contributed by atoms with Crippen molar-refractivity contribution in [3.63, 3.8) is 0 Å². The summed E-state index contributed by atoms with van der Waals surface area (Å²) in [5.74, 6) is 0.870. The molecule has 0 saturated heterocycles. The molecule has 1 aromatic heterocycles. The van der Waals surface area contributed by atoms with E-state index >= 15 is 0 Å². The van der Waals surface area contributed by atoms with Crippen molar-refractivity contribution >= 4 is 11.5 Å². The molecule has 1 aromatic carbocycles. The Bertz CT molecular complexity index is 525. The molecule has 0 aliphatic heterocycles. The van der Waals surface area contributed by atoms with Crippen molar-refractivity contribution in [3.05, 3.63) is 53.7 Å². The number of nitrogens with zero attached hydrogens (tertiary/aromatic N) is 2. The van der Waals surface area contributed by atoms with Crippen molar-refractivity contribution < 1.29 is 5.11 Å². The quantitative estimate of drug-likeness (QED) is 0.895. The van der Waals surface area contributed by atoms with E-state index in [0.29, 0.717) is 0 Å². The topological polar surface area (TPSA) is 36.4 Å². The number of aliphatic hydroxyl groups excluding tert-OH is 1. The van der Waals surface area contributed by atoms with Gasteiger partial charge in [-0.2, -0.15) is 0 Å². The van der Waals surface area contributed by atoms with E-state index in [-0.39, 0.29) is 6.61 Å². The van der Waals surface area contributed by atoms with E-state index in [9.17, 15) is 5.11 Å². The summed E-state index contributed by atoms with van der Waals surface area (Å²) < 4.78 is 0. The first-order chi connectivity index (χ1) is 8.74. The van der Waals surface area contributed by atoms with Crippen LogP contribution in [0.15, 0.2) is 42.6 Å². The molecule has 1 heterocycles. The summed E-state index contributed by atoms with van der Waals surface area (Å²) in [5.41, 5.74) is 3.23. The van der Waals surface area contributed by atoms with Crippen LogP contribution in [0.25, 0.3) is 0 Å². The normalized spacial score (nSPS) is 10.4. The summed E-state index contributed by atoms with van der Waals surface area (Å²) in [6, 6.07) is 12.1. The molecular formula is C15H18N2O. The number of hydrogen-bond acceptors (Lipinski definition) is 3. The predicted molar refractivity (Wildman–Crippen MR) is 74.0 cm³/mol. The van der Waals surface area contributed by atoms with Gasteiger partial charge in [-0.1, -0.05) is 12.1 Å². The molecule has 0 fully saturated rings. The number of aliphatic hydroxyl groups is 1. The molecule has 3 heteroatoms. The number of benzene rings is 1. The largest absolute Gasteiger partial charge is 0.392 e. The van der Waals surface area contributed by atoms with Gasteiger partial charge in [0.1, 0.15) is 5.82 Å². The SMILES string of the molecule is CCN(c1cccc(C)c1)c1cc(CO)ccn1. The molecule has 0 aliphatic carbocycles. The fraction of sp³-hybridized carbons (Fsp3) is 0.267. The molecule has 94 valence electrons. The van der Waals surface area contributed by atoms with E-state index in [4.69, 9.17) is 0 Å². The summed E-state index contributed by atoms with van der Waals surface area (Å²) in [7, 11) is 0. The Labute approximate surface area is 108 Å². The first-order valence-electron chi connectivity index (χ1n) is 6.14. The van der Waals surface area contributed by atoms with Crippen LogP contribution in [0, 0.1) is 6.92 Å². The summed E-state index contributed by atoms with van der Waals surface area (Å²) in [5, 5.41) is 9.18. The molecule has 0 spiro atoms. The molecule has 0 atom stereocenters. The van der Waals surface area contributed by atoms with Crippen molar-refractivity contribution in [2.75, 3.05) is 11.4 Å². The van der Waals surface area contributed by atoms with Crippen LogP contribution in [-0.2, 0) is 6.61 Å². The van der Waals surface area contributed by atoms with Crippen molar-refractivity contribution in [1.82, 2.24) is 4.98 Å². The van der Waals surface area contributed by atoms with Crippen molar-refractivity contribution in [2.24, 2.45) is 0 Å². The van der Waals surface area contributed by atoms with Gasteiger partial charge in [-0.15, -0.1) is 0 Å². The Hall–Kier alpha value is -1.87. The highest BCUT2D eigenvalue weighted by atomic mass is 16.3. The molecule has 18 heavy (non-hydrogen) atoms. The van der Waals surface area contributed by atoms with E-state index in [2.05, 4.69) is 41.9 Å². The van der Waals surface area contributed by atoms with Gasteiger partial charge >= 0.3 is 0 Å². The number of anilines is 2. The van der Waals surface area contributed by atoms with Crippen LogP contribution >= 0.6 is 0 Å².